The molecule has 0 fully saturated rings. The molecule has 0 aliphatic rings. The Morgan fingerprint density at radius 2 is 1.63 bits per heavy atom. The van der Waals surface area contributed by atoms with Crippen molar-refractivity contribution in [1.82, 2.24) is 10.6 Å². The van der Waals surface area contributed by atoms with Crippen LogP contribution in [-0.4, -0.2) is 45.7 Å². The summed E-state index contributed by atoms with van der Waals surface area (Å²) in [5.74, 6) is 1.59. The third kappa shape index (κ3) is 6.84. The lowest BCUT2D eigenvalue weighted by Gasteiger charge is -2.14. The molecule has 7 heteroatoms. The van der Waals surface area contributed by atoms with Gasteiger partial charge in [-0.1, -0.05) is 12.1 Å². The second kappa shape index (κ2) is 11.5. The van der Waals surface area contributed by atoms with Crippen molar-refractivity contribution >= 4 is 17.9 Å². The van der Waals surface area contributed by atoms with Crippen LogP contribution in [0.5, 0.6) is 17.2 Å². The maximum Gasteiger partial charge on any atom is 0.244 e. The Morgan fingerprint density at radius 3 is 2.27 bits per heavy atom. The van der Waals surface area contributed by atoms with E-state index in [1.54, 1.807) is 34.3 Å². The summed E-state index contributed by atoms with van der Waals surface area (Å²) in [6, 6.07) is 12.2. The zero-order chi connectivity index (χ0) is 21.9. The summed E-state index contributed by atoms with van der Waals surface area (Å²) in [4.78, 5) is 24.3. The van der Waals surface area contributed by atoms with Crippen LogP contribution in [0.2, 0.25) is 0 Å². The first-order valence-corrected chi connectivity index (χ1v) is 9.58. The second-order valence-electron chi connectivity index (χ2n) is 6.56. The first-order chi connectivity index (χ1) is 14.5. The minimum atomic E-state index is -0.662. The van der Waals surface area contributed by atoms with Crippen molar-refractivity contribution in [3.05, 3.63) is 59.7 Å². The lowest BCUT2D eigenvalue weighted by molar-refractivity contribution is -0.126. The molecule has 0 spiro atoms. The summed E-state index contributed by atoms with van der Waals surface area (Å²) in [7, 11) is 4.79. The number of amides is 2. The van der Waals surface area contributed by atoms with Crippen LogP contribution < -0.4 is 24.8 Å². The average molecular weight is 412 g/mol. The van der Waals surface area contributed by atoms with Gasteiger partial charge in [0.1, 0.15) is 23.3 Å². The summed E-state index contributed by atoms with van der Waals surface area (Å²) in [6.45, 7) is 2.05. The van der Waals surface area contributed by atoms with Crippen LogP contribution >= 0.6 is 0 Å². The number of hydrogen-bond donors (Lipinski definition) is 2. The molecule has 0 saturated heterocycles. The zero-order valence-electron chi connectivity index (χ0n) is 17.7. The van der Waals surface area contributed by atoms with Gasteiger partial charge in [0.2, 0.25) is 11.8 Å². The number of benzene rings is 2. The molecule has 2 aromatic rings. The molecule has 0 radical (unpaired) electrons. The van der Waals surface area contributed by atoms with Gasteiger partial charge in [-0.2, -0.15) is 0 Å². The highest BCUT2D eigenvalue weighted by Crippen LogP contribution is 2.24. The van der Waals surface area contributed by atoms with E-state index in [4.69, 9.17) is 14.2 Å². The van der Waals surface area contributed by atoms with Gasteiger partial charge in [-0.05, 0) is 60.9 Å². The quantitative estimate of drug-likeness (QED) is 0.586. The van der Waals surface area contributed by atoms with Crippen molar-refractivity contribution in [1.29, 1.82) is 0 Å². The molecule has 0 aromatic heterocycles. The fourth-order valence-electron chi connectivity index (χ4n) is 2.76. The Balaban J connectivity index is 1.81. The maximum absolute atomic E-state index is 12.3. The van der Waals surface area contributed by atoms with E-state index in [1.807, 2.05) is 42.5 Å². The van der Waals surface area contributed by atoms with Crippen LogP contribution in [0.1, 0.15) is 18.1 Å². The topological polar surface area (TPSA) is 85.9 Å². The Kier molecular flexibility index (Phi) is 8.75. The lowest BCUT2D eigenvalue weighted by Crippen LogP contribution is -2.44. The van der Waals surface area contributed by atoms with E-state index in [2.05, 4.69) is 10.6 Å². The molecule has 2 N–H and O–H groups in total. The normalized spacial score (nSPS) is 11.6. The Labute approximate surface area is 177 Å². The van der Waals surface area contributed by atoms with Crippen molar-refractivity contribution in [2.75, 3.05) is 27.9 Å². The highest BCUT2D eigenvalue weighted by atomic mass is 16.5. The first kappa shape index (κ1) is 22.8. The smallest absolute Gasteiger partial charge is 0.244 e. The first-order valence-electron chi connectivity index (χ1n) is 9.58. The van der Waals surface area contributed by atoms with Crippen molar-refractivity contribution in [3.63, 3.8) is 0 Å². The third-order valence-corrected chi connectivity index (χ3v) is 4.48. The van der Waals surface area contributed by atoms with E-state index in [9.17, 15) is 9.59 Å². The highest BCUT2D eigenvalue weighted by molar-refractivity contribution is 5.95. The standard InChI is InChI=1S/C23H28N2O5/c1-16(25-22(26)12-7-17-5-8-19(28-2)9-6-17)23(27)24-14-13-18-15-20(29-3)10-11-21(18)30-4/h5-12,15-16H,13-14H2,1-4H3,(H,24,27)(H,25,26)/b12-7+. The minimum absolute atomic E-state index is 0.261. The molecule has 30 heavy (non-hydrogen) atoms. The van der Waals surface area contributed by atoms with Crippen molar-refractivity contribution < 1.29 is 23.8 Å². The molecule has 0 saturated carbocycles. The largest absolute Gasteiger partial charge is 0.497 e. The Morgan fingerprint density at radius 1 is 0.967 bits per heavy atom. The van der Waals surface area contributed by atoms with Gasteiger partial charge < -0.3 is 24.8 Å². The summed E-state index contributed by atoms with van der Waals surface area (Å²) in [5.41, 5.74) is 1.78. The number of ether oxygens (including phenoxy) is 3. The molecule has 0 heterocycles. The molecule has 2 rings (SSSR count). The van der Waals surface area contributed by atoms with Gasteiger partial charge in [0.25, 0.3) is 0 Å². The predicted octanol–water partition coefficient (Wildman–Crippen LogP) is 2.59. The van der Waals surface area contributed by atoms with Gasteiger partial charge >= 0.3 is 0 Å². The summed E-state index contributed by atoms with van der Waals surface area (Å²) >= 11 is 0. The fourth-order valence-corrected chi connectivity index (χ4v) is 2.76. The summed E-state index contributed by atoms with van der Waals surface area (Å²) in [5, 5.41) is 5.48. The van der Waals surface area contributed by atoms with Gasteiger partial charge in [-0.3, -0.25) is 9.59 Å². The van der Waals surface area contributed by atoms with E-state index >= 15 is 0 Å². The third-order valence-electron chi connectivity index (χ3n) is 4.48. The number of hydrogen-bond acceptors (Lipinski definition) is 5. The molecule has 2 amide bonds. The number of nitrogens with one attached hydrogen (secondary N) is 2. The number of rotatable bonds is 10. The van der Waals surface area contributed by atoms with Crippen LogP contribution in [0.3, 0.4) is 0 Å². The Hall–Kier alpha value is -3.48. The molecule has 7 nitrogen and oxygen atoms in total. The van der Waals surface area contributed by atoms with Crippen LogP contribution in [0, 0.1) is 0 Å². The van der Waals surface area contributed by atoms with Crippen molar-refractivity contribution in [2.24, 2.45) is 0 Å². The number of carbonyl (C=O) groups is 2. The van der Waals surface area contributed by atoms with Crippen LogP contribution in [0.25, 0.3) is 6.08 Å². The van der Waals surface area contributed by atoms with Gasteiger partial charge in [0.15, 0.2) is 0 Å². The summed E-state index contributed by atoms with van der Waals surface area (Å²) in [6.07, 6.45) is 3.64. The molecular formula is C23H28N2O5. The average Bonchev–Trinajstić information content (AvgIpc) is 2.77. The predicted molar refractivity (Wildman–Crippen MR) is 116 cm³/mol. The van der Waals surface area contributed by atoms with Crippen molar-refractivity contribution in [2.45, 2.75) is 19.4 Å². The monoisotopic (exact) mass is 412 g/mol. The number of methoxy groups -OCH3 is 3. The van der Waals surface area contributed by atoms with Crippen LogP contribution in [0.4, 0.5) is 0 Å². The molecule has 0 aliphatic carbocycles. The SMILES string of the molecule is COc1ccc(/C=C/C(=O)NC(C)C(=O)NCCc2cc(OC)ccc2OC)cc1. The van der Waals surface area contributed by atoms with Crippen molar-refractivity contribution in [3.8, 4) is 17.2 Å². The minimum Gasteiger partial charge on any atom is -0.497 e. The molecular weight excluding hydrogens is 384 g/mol. The zero-order valence-corrected chi connectivity index (χ0v) is 17.7. The van der Waals surface area contributed by atoms with E-state index in [0.29, 0.717) is 13.0 Å². The van der Waals surface area contributed by atoms with Crippen LogP contribution in [0.15, 0.2) is 48.5 Å². The molecule has 160 valence electrons. The second-order valence-corrected chi connectivity index (χ2v) is 6.56. The van der Waals surface area contributed by atoms with E-state index in [0.717, 1.165) is 28.4 Å². The van der Waals surface area contributed by atoms with E-state index in [-0.39, 0.29) is 11.8 Å². The lowest BCUT2D eigenvalue weighted by atomic mass is 10.1. The maximum atomic E-state index is 12.3. The summed E-state index contributed by atoms with van der Waals surface area (Å²) < 4.78 is 15.7. The van der Waals surface area contributed by atoms with Gasteiger partial charge in [-0.15, -0.1) is 0 Å². The molecule has 1 atom stereocenters. The fraction of sp³-hybridized carbons (Fsp3) is 0.304. The Bertz CT molecular complexity index is 878. The van der Waals surface area contributed by atoms with Crippen LogP contribution in [-0.2, 0) is 16.0 Å². The van der Waals surface area contributed by atoms with Gasteiger partial charge in [-0.25, -0.2) is 0 Å². The van der Waals surface area contributed by atoms with E-state index in [1.165, 1.54) is 6.08 Å². The molecule has 1 unspecified atom stereocenters. The number of carbonyl (C=O) groups excluding carboxylic acids is 2. The molecule has 0 aliphatic heterocycles. The van der Waals surface area contributed by atoms with Gasteiger partial charge in [0, 0.05) is 12.6 Å². The highest BCUT2D eigenvalue weighted by Gasteiger charge is 2.14. The van der Waals surface area contributed by atoms with E-state index < -0.39 is 6.04 Å². The molecule has 2 aromatic carbocycles. The van der Waals surface area contributed by atoms with Gasteiger partial charge in [0.05, 0.1) is 21.3 Å². The molecule has 0 bridgehead atoms.